The third-order valence-electron chi connectivity index (χ3n) is 3.36. The minimum Gasteiger partial charge on any atom is -0.454 e. The zero-order valence-electron chi connectivity index (χ0n) is 12.4. The van der Waals surface area contributed by atoms with Gasteiger partial charge >= 0.3 is 0 Å². The summed E-state index contributed by atoms with van der Waals surface area (Å²) >= 11 is 4.93. The Morgan fingerprint density at radius 3 is 2.74 bits per heavy atom. The Kier molecular flexibility index (Phi) is 5.46. The summed E-state index contributed by atoms with van der Waals surface area (Å²) in [6.07, 6.45) is 0.769. The lowest BCUT2D eigenvalue weighted by Crippen LogP contribution is -2.27. The van der Waals surface area contributed by atoms with E-state index < -0.39 is 0 Å². The summed E-state index contributed by atoms with van der Waals surface area (Å²) in [6, 6.07) is 13.8. The number of halogens is 1. The molecule has 3 rings (SSSR count). The second kappa shape index (κ2) is 7.75. The molecule has 6 heteroatoms. The van der Waals surface area contributed by atoms with E-state index in [1.165, 1.54) is 11.8 Å². The summed E-state index contributed by atoms with van der Waals surface area (Å²) < 4.78 is 11.7. The van der Waals surface area contributed by atoms with Crippen molar-refractivity contribution in [3.05, 3.63) is 52.5 Å². The molecule has 0 spiro atoms. The molecule has 0 saturated carbocycles. The van der Waals surface area contributed by atoms with Crippen LogP contribution in [0.5, 0.6) is 11.5 Å². The molecule has 23 heavy (non-hydrogen) atoms. The number of nitrogens with one attached hydrogen (secondary N) is 1. The molecule has 0 radical (unpaired) electrons. The summed E-state index contributed by atoms with van der Waals surface area (Å²) in [5.41, 5.74) is 1.12. The van der Waals surface area contributed by atoms with Crippen molar-refractivity contribution in [3.8, 4) is 11.5 Å². The van der Waals surface area contributed by atoms with Gasteiger partial charge in [-0.2, -0.15) is 0 Å². The standard InChI is InChI=1S/C17H16BrNO3S/c18-13-2-4-14(5-3-13)23-10-17(20)19-8-7-12-1-6-15-16(9-12)22-11-21-15/h1-6,9H,7-8,10-11H2,(H,19,20). The first kappa shape index (κ1) is 16.2. The van der Waals surface area contributed by atoms with E-state index in [-0.39, 0.29) is 12.7 Å². The number of thioether (sulfide) groups is 1. The van der Waals surface area contributed by atoms with Gasteiger partial charge in [-0.25, -0.2) is 0 Å². The molecule has 0 saturated heterocycles. The highest BCUT2D eigenvalue weighted by Gasteiger charge is 2.13. The van der Waals surface area contributed by atoms with Crippen LogP contribution in [0.25, 0.3) is 0 Å². The molecule has 0 aromatic heterocycles. The van der Waals surface area contributed by atoms with Gasteiger partial charge in [-0.1, -0.05) is 22.0 Å². The van der Waals surface area contributed by atoms with Crippen molar-refractivity contribution < 1.29 is 14.3 Å². The SMILES string of the molecule is O=C(CSc1ccc(Br)cc1)NCCc1ccc2c(c1)OCO2. The highest BCUT2D eigenvalue weighted by Crippen LogP contribution is 2.32. The summed E-state index contributed by atoms with van der Waals surface area (Å²) in [4.78, 5) is 13.0. The minimum atomic E-state index is 0.0404. The van der Waals surface area contributed by atoms with Crippen molar-refractivity contribution in [1.82, 2.24) is 5.32 Å². The number of carbonyl (C=O) groups excluding carboxylic acids is 1. The molecule has 1 amide bonds. The van der Waals surface area contributed by atoms with Gasteiger partial charge in [-0.15, -0.1) is 11.8 Å². The van der Waals surface area contributed by atoms with Crippen LogP contribution < -0.4 is 14.8 Å². The predicted octanol–water partition coefficient (Wildman–Crippen LogP) is 3.63. The molecule has 0 bridgehead atoms. The van der Waals surface area contributed by atoms with Gasteiger partial charge in [0.05, 0.1) is 5.75 Å². The Balaban J connectivity index is 1.40. The van der Waals surface area contributed by atoms with Crippen LogP contribution in [-0.4, -0.2) is 25.0 Å². The van der Waals surface area contributed by atoms with Gasteiger partial charge in [0.2, 0.25) is 12.7 Å². The fraction of sp³-hybridized carbons (Fsp3) is 0.235. The van der Waals surface area contributed by atoms with E-state index in [2.05, 4.69) is 21.2 Å². The van der Waals surface area contributed by atoms with E-state index in [0.29, 0.717) is 12.3 Å². The number of ether oxygens (including phenoxy) is 2. The monoisotopic (exact) mass is 393 g/mol. The van der Waals surface area contributed by atoms with Crippen molar-refractivity contribution in [1.29, 1.82) is 0 Å². The van der Waals surface area contributed by atoms with Crippen LogP contribution in [0.4, 0.5) is 0 Å². The Morgan fingerprint density at radius 1 is 1.13 bits per heavy atom. The van der Waals surface area contributed by atoms with Crippen LogP contribution in [0.15, 0.2) is 51.8 Å². The van der Waals surface area contributed by atoms with Crippen molar-refractivity contribution in [2.45, 2.75) is 11.3 Å². The van der Waals surface area contributed by atoms with Crippen LogP contribution in [-0.2, 0) is 11.2 Å². The Bertz CT molecular complexity index is 691. The lowest BCUT2D eigenvalue weighted by atomic mass is 10.1. The topological polar surface area (TPSA) is 47.6 Å². The smallest absolute Gasteiger partial charge is 0.231 e. The molecule has 0 fully saturated rings. The summed E-state index contributed by atoms with van der Waals surface area (Å²) in [7, 11) is 0. The number of hydrogen-bond acceptors (Lipinski definition) is 4. The fourth-order valence-corrected chi connectivity index (χ4v) is 3.17. The maximum atomic E-state index is 11.9. The van der Waals surface area contributed by atoms with Crippen molar-refractivity contribution in [3.63, 3.8) is 0 Å². The minimum absolute atomic E-state index is 0.0404. The van der Waals surface area contributed by atoms with Crippen LogP contribution in [0, 0.1) is 0 Å². The predicted molar refractivity (Wildman–Crippen MR) is 94.1 cm³/mol. The second-order valence-corrected chi connectivity index (χ2v) is 6.99. The summed E-state index contributed by atoms with van der Waals surface area (Å²) in [6.45, 7) is 0.891. The molecule has 120 valence electrons. The molecule has 4 nitrogen and oxygen atoms in total. The summed E-state index contributed by atoms with van der Waals surface area (Å²) in [5, 5.41) is 2.94. The molecular weight excluding hydrogens is 378 g/mol. The normalized spacial score (nSPS) is 12.2. The number of amides is 1. The maximum Gasteiger partial charge on any atom is 0.231 e. The Morgan fingerprint density at radius 2 is 1.91 bits per heavy atom. The molecule has 0 atom stereocenters. The quantitative estimate of drug-likeness (QED) is 0.761. The van der Waals surface area contributed by atoms with E-state index in [4.69, 9.17) is 9.47 Å². The van der Waals surface area contributed by atoms with Gasteiger partial charge in [0, 0.05) is 15.9 Å². The number of hydrogen-bond donors (Lipinski definition) is 1. The lowest BCUT2D eigenvalue weighted by Gasteiger charge is -2.06. The largest absolute Gasteiger partial charge is 0.454 e. The third kappa shape index (κ3) is 4.65. The van der Waals surface area contributed by atoms with Gasteiger partial charge in [-0.05, 0) is 48.4 Å². The van der Waals surface area contributed by atoms with Gasteiger partial charge in [-0.3, -0.25) is 4.79 Å². The summed E-state index contributed by atoms with van der Waals surface area (Å²) in [5.74, 6) is 2.02. The Labute approximate surface area is 147 Å². The molecule has 1 aliphatic rings. The molecule has 2 aromatic carbocycles. The highest BCUT2D eigenvalue weighted by molar-refractivity contribution is 9.10. The molecule has 1 N–H and O–H groups in total. The van der Waals surface area contributed by atoms with Crippen molar-refractivity contribution in [2.75, 3.05) is 19.1 Å². The van der Waals surface area contributed by atoms with Gasteiger partial charge in [0.15, 0.2) is 11.5 Å². The van der Waals surface area contributed by atoms with Gasteiger partial charge in [0.1, 0.15) is 0 Å². The average molecular weight is 394 g/mol. The number of carbonyl (C=O) groups is 1. The lowest BCUT2D eigenvalue weighted by molar-refractivity contribution is -0.118. The zero-order valence-corrected chi connectivity index (χ0v) is 14.8. The zero-order chi connectivity index (χ0) is 16.1. The molecule has 2 aromatic rings. The number of benzene rings is 2. The highest BCUT2D eigenvalue weighted by atomic mass is 79.9. The third-order valence-corrected chi connectivity index (χ3v) is 4.90. The molecule has 1 aliphatic heterocycles. The first-order valence-corrected chi connectivity index (χ1v) is 9.02. The van der Waals surface area contributed by atoms with E-state index in [1.807, 2.05) is 42.5 Å². The second-order valence-electron chi connectivity index (χ2n) is 5.03. The van der Waals surface area contributed by atoms with E-state index in [1.54, 1.807) is 0 Å². The van der Waals surface area contributed by atoms with Crippen molar-refractivity contribution in [2.24, 2.45) is 0 Å². The van der Waals surface area contributed by atoms with Crippen LogP contribution in [0.2, 0.25) is 0 Å². The average Bonchev–Trinajstić information content (AvgIpc) is 3.02. The van der Waals surface area contributed by atoms with Gasteiger partial charge in [0.25, 0.3) is 0 Å². The number of fused-ring (bicyclic) bond motifs is 1. The molecular formula is C17H16BrNO3S. The van der Waals surface area contributed by atoms with Crippen LogP contribution >= 0.6 is 27.7 Å². The number of rotatable bonds is 6. The Hall–Kier alpha value is -1.66. The van der Waals surface area contributed by atoms with E-state index >= 15 is 0 Å². The van der Waals surface area contributed by atoms with Crippen LogP contribution in [0.3, 0.4) is 0 Å². The first-order valence-electron chi connectivity index (χ1n) is 7.24. The maximum absolute atomic E-state index is 11.9. The molecule has 1 heterocycles. The fourth-order valence-electron chi connectivity index (χ4n) is 2.17. The molecule has 0 aliphatic carbocycles. The first-order chi connectivity index (χ1) is 11.2. The van der Waals surface area contributed by atoms with Crippen LogP contribution in [0.1, 0.15) is 5.56 Å². The molecule has 0 unspecified atom stereocenters. The van der Waals surface area contributed by atoms with E-state index in [0.717, 1.165) is 32.9 Å². The van der Waals surface area contributed by atoms with E-state index in [9.17, 15) is 4.79 Å². The van der Waals surface area contributed by atoms with Gasteiger partial charge < -0.3 is 14.8 Å². The van der Waals surface area contributed by atoms with Crippen molar-refractivity contribution >= 4 is 33.6 Å².